The number of carbonyl (C=O) groups is 1. The van der Waals surface area contributed by atoms with Gasteiger partial charge in [0.2, 0.25) is 0 Å². The number of rotatable bonds is 2. The summed E-state index contributed by atoms with van der Waals surface area (Å²) in [6.07, 6.45) is 9.93. The fourth-order valence-electron chi connectivity index (χ4n) is 4.52. The highest BCUT2D eigenvalue weighted by molar-refractivity contribution is 5.94. The van der Waals surface area contributed by atoms with Crippen molar-refractivity contribution < 1.29 is 4.79 Å². The van der Waals surface area contributed by atoms with E-state index in [0.717, 1.165) is 62.4 Å². The van der Waals surface area contributed by atoms with Gasteiger partial charge in [-0.3, -0.25) is 9.20 Å². The summed E-state index contributed by atoms with van der Waals surface area (Å²) in [6, 6.07) is 5.85. The molecule has 1 amide bonds. The third-order valence-corrected chi connectivity index (χ3v) is 6.13. The second-order valence-electron chi connectivity index (χ2n) is 8.19. The first-order valence-electron chi connectivity index (χ1n) is 10.7. The summed E-state index contributed by atoms with van der Waals surface area (Å²) in [5.41, 5.74) is 3.18. The Kier molecular flexibility index (Phi) is 4.77. The van der Waals surface area contributed by atoms with Gasteiger partial charge >= 0.3 is 5.69 Å². The maximum Gasteiger partial charge on any atom is 0.350 e. The van der Waals surface area contributed by atoms with Crippen molar-refractivity contribution in [3.05, 3.63) is 52.2 Å². The standard InChI is InChI=1S/C22H26N6O2/c1-25-22(30)28-12-8-18(14-19(28)24-25)27-11-6-7-16-13-17(15-23-20(16)27)21(29)26-9-4-2-3-5-10-26/h8,12-15H,2-7,9-11H2,1H3. The van der Waals surface area contributed by atoms with Crippen LogP contribution in [0.3, 0.4) is 0 Å². The molecule has 0 N–H and O–H groups in total. The molecule has 1 fully saturated rings. The Bertz CT molecular complexity index is 1160. The van der Waals surface area contributed by atoms with Gasteiger partial charge in [-0.15, -0.1) is 0 Å². The van der Waals surface area contributed by atoms with Crippen molar-refractivity contribution in [1.82, 2.24) is 24.1 Å². The van der Waals surface area contributed by atoms with Gasteiger partial charge < -0.3 is 9.80 Å². The first kappa shape index (κ1) is 18.8. The molecule has 0 unspecified atom stereocenters. The Morgan fingerprint density at radius 2 is 1.83 bits per heavy atom. The van der Waals surface area contributed by atoms with Crippen LogP contribution in [-0.4, -0.2) is 49.6 Å². The summed E-state index contributed by atoms with van der Waals surface area (Å²) >= 11 is 0. The van der Waals surface area contributed by atoms with E-state index >= 15 is 0 Å². The average Bonchev–Trinajstić information content (AvgIpc) is 2.94. The van der Waals surface area contributed by atoms with E-state index in [2.05, 4.69) is 10.00 Å². The number of carbonyl (C=O) groups excluding carboxylic acids is 1. The quantitative estimate of drug-likeness (QED) is 0.654. The molecule has 0 spiro atoms. The fourth-order valence-corrected chi connectivity index (χ4v) is 4.52. The minimum absolute atomic E-state index is 0.0959. The molecule has 156 valence electrons. The molecular formula is C22H26N6O2. The van der Waals surface area contributed by atoms with Gasteiger partial charge in [0.15, 0.2) is 5.65 Å². The fraction of sp³-hybridized carbons (Fsp3) is 0.455. The number of fused-ring (bicyclic) bond motifs is 2. The molecular weight excluding hydrogens is 380 g/mol. The monoisotopic (exact) mass is 406 g/mol. The maximum absolute atomic E-state index is 13.0. The molecule has 5 heterocycles. The van der Waals surface area contributed by atoms with E-state index in [1.54, 1.807) is 19.4 Å². The van der Waals surface area contributed by atoms with Crippen LogP contribution in [0, 0.1) is 0 Å². The lowest BCUT2D eigenvalue weighted by Crippen LogP contribution is -2.32. The number of anilines is 2. The van der Waals surface area contributed by atoms with Gasteiger partial charge in [0, 0.05) is 50.8 Å². The van der Waals surface area contributed by atoms with E-state index in [1.165, 1.54) is 21.9 Å². The molecule has 8 nitrogen and oxygen atoms in total. The van der Waals surface area contributed by atoms with Crippen LogP contribution in [0.1, 0.15) is 48.0 Å². The van der Waals surface area contributed by atoms with Crippen LogP contribution < -0.4 is 10.6 Å². The first-order chi connectivity index (χ1) is 14.6. The van der Waals surface area contributed by atoms with E-state index in [-0.39, 0.29) is 11.6 Å². The average molecular weight is 406 g/mol. The molecule has 2 aliphatic heterocycles. The molecule has 1 saturated heterocycles. The van der Waals surface area contributed by atoms with Crippen LogP contribution in [0.15, 0.2) is 35.4 Å². The number of aromatic nitrogens is 4. The van der Waals surface area contributed by atoms with Crippen molar-refractivity contribution >= 4 is 23.1 Å². The third-order valence-electron chi connectivity index (χ3n) is 6.13. The Morgan fingerprint density at radius 1 is 1.03 bits per heavy atom. The lowest BCUT2D eigenvalue weighted by molar-refractivity contribution is 0.0761. The van der Waals surface area contributed by atoms with E-state index in [0.29, 0.717) is 11.2 Å². The molecule has 3 aromatic heterocycles. The largest absolute Gasteiger partial charge is 0.350 e. The van der Waals surface area contributed by atoms with Gasteiger partial charge in [0.1, 0.15) is 5.82 Å². The predicted octanol–water partition coefficient (Wildman–Crippen LogP) is 2.53. The SMILES string of the molecule is Cn1nc2cc(N3CCCc4cc(C(=O)N5CCCCCC5)cnc43)ccn2c1=O. The molecule has 0 atom stereocenters. The zero-order valence-electron chi connectivity index (χ0n) is 17.3. The summed E-state index contributed by atoms with van der Waals surface area (Å²) in [7, 11) is 1.65. The van der Waals surface area contributed by atoms with Crippen molar-refractivity contribution in [2.24, 2.45) is 7.05 Å². The third kappa shape index (κ3) is 3.26. The Balaban J connectivity index is 1.46. The van der Waals surface area contributed by atoms with E-state index in [1.807, 2.05) is 23.1 Å². The van der Waals surface area contributed by atoms with Crippen LogP contribution in [0.4, 0.5) is 11.5 Å². The summed E-state index contributed by atoms with van der Waals surface area (Å²) in [5, 5.41) is 4.29. The number of likely N-dealkylation sites (tertiary alicyclic amines) is 1. The summed E-state index contributed by atoms with van der Waals surface area (Å²) in [6.45, 7) is 2.52. The van der Waals surface area contributed by atoms with E-state index in [9.17, 15) is 9.59 Å². The minimum Gasteiger partial charge on any atom is -0.339 e. The molecule has 0 saturated carbocycles. The highest BCUT2D eigenvalue weighted by Gasteiger charge is 2.24. The summed E-state index contributed by atoms with van der Waals surface area (Å²) in [5.74, 6) is 0.981. The zero-order chi connectivity index (χ0) is 20.7. The molecule has 8 heteroatoms. The molecule has 2 aliphatic rings. The van der Waals surface area contributed by atoms with Gasteiger partial charge in [-0.2, -0.15) is 5.10 Å². The smallest absolute Gasteiger partial charge is 0.339 e. The molecule has 0 aromatic carbocycles. The Hall–Kier alpha value is -3.16. The lowest BCUT2D eigenvalue weighted by Gasteiger charge is -2.30. The molecule has 3 aromatic rings. The van der Waals surface area contributed by atoms with Gasteiger partial charge in [0.05, 0.1) is 5.56 Å². The van der Waals surface area contributed by atoms with Crippen LogP contribution in [0.5, 0.6) is 0 Å². The molecule has 5 rings (SSSR count). The minimum atomic E-state index is -0.162. The maximum atomic E-state index is 13.0. The lowest BCUT2D eigenvalue weighted by atomic mass is 10.0. The van der Waals surface area contributed by atoms with Gasteiger partial charge in [-0.25, -0.2) is 14.5 Å². The van der Waals surface area contributed by atoms with Crippen molar-refractivity contribution in [3.8, 4) is 0 Å². The summed E-state index contributed by atoms with van der Waals surface area (Å²) < 4.78 is 2.87. The summed E-state index contributed by atoms with van der Waals surface area (Å²) in [4.78, 5) is 33.9. The molecule has 0 bridgehead atoms. The van der Waals surface area contributed by atoms with Crippen molar-refractivity contribution in [2.75, 3.05) is 24.5 Å². The van der Waals surface area contributed by atoms with Crippen molar-refractivity contribution in [3.63, 3.8) is 0 Å². The van der Waals surface area contributed by atoms with Gasteiger partial charge in [-0.1, -0.05) is 12.8 Å². The van der Waals surface area contributed by atoms with Gasteiger partial charge in [-0.05, 0) is 43.4 Å². The van der Waals surface area contributed by atoms with Crippen LogP contribution in [0.2, 0.25) is 0 Å². The highest BCUT2D eigenvalue weighted by Crippen LogP contribution is 2.32. The van der Waals surface area contributed by atoms with Crippen LogP contribution in [-0.2, 0) is 13.5 Å². The number of hydrogen-bond acceptors (Lipinski definition) is 5. The second kappa shape index (κ2) is 7.59. The predicted molar refractivity (Wildman–Crippen MR) is 114 cm³/mol. The van der Waals surface area contributed by atoms with Gasteiger partial charge in [0.25, 0.3) is 5.91 Å². The molecule has 30 heavy (non-hydrogen) atoms. The number of amides is 1. The molecule has 0 aliphatic carbocycles. The Morgan fingerprint density at radius 3 is 2.63 bits per heavy atom. The normalized spacial score (nSPS) is 17.1. The zero-order valence-corrected chi connectivity index (χ0v) is 17.3. The van der Waals surface area contributed by atoms with Crippen molar-refractivity contribution in [1.29, 1.82) is 0 Å². The highest BCUT2D eigenvalue weighted by atomic mass is 16.2. The van der Waals surface area contributed by atoms with E-state index < -0.39 is 0 Å². The number of pyridine rings is 2. The topological polar surface area (TPSA) is 75.7 Å². The Labute approximate surface area is 174 Å². The first-order valence-corrected chi connectivity index (χ1v) is 10.7. The van der Waals surface area contributed by atoms with E-state index in [4.69, 9.17) is 4.98 Å². The molecule has 0 radical (unpaired) electrons. The number of nitrogens with zero attached hydrogens (tertiary/aromatic N) is 6. The second-order valence-corrected chi connectivity index (χ2v) is 8.19. The number of hydrogen-bond donors (Lipinski definition) is 0. The van der Waals surface area contributed by atoms with Crippen LogP contribution >= 0.6 is 0 Å². The van der Waals surface area contributed by atoms with Crippen molar-refractivity contribution in [2.45, 2.75) is 38.5 Å². The number of aryl methyl sites for hydroxylation is 2. The van der Waals surface area contributed by atoms with Crippen LogP contribution in [0.25, 0.3) is 5.65 Å².